The van der Waals surface area contributed by atoms with E-state index in [2.05, 4.69) is 23.7 Å². The van der Waals surface area contributed by atoms with Crippen molar-refractivity contribution in [3.63, 3.8) is 0 Å². The van der Waals surface area contributed by atoms with Crippen LogP contribution < -0.4 is 10.3 Å². The molecule has 0 aliphatic carbocycles. The summed E-state index contributed by atoms with van der Waals surface area (Å²) in [5.74, 6) is 1.30. The molecule has 33 heavy (non-hydrogen) atoms. The number of nitrogens with zero attached hydrogens (tertiary/aromatic N) is 4. The van der Waals surface area contributed by atoms with Gasteiger partial charge in [-0.2, -0.15) is 0 Å². The van der Waals surface area contributed by atoms with Gasteiger partial charge in [0.2, 0.25) is 0 Å². The van der Waals surface area contributed by atoms with E-state index in [1.807, 2.05) is 40.8 Å². The Morgan fingerprint density at radius 3 is 2.85 bits per heavy atom. The quantitative estimate of drug-likeness (QED) is 0.662. The average Bonchev–Trinajstić information content (AvgIpc) is 3.43. The lowest BCUT2D eigenvalue weighted by atomic mass is 10.0. The molecular weight excluding hydrogens is 418 g/mol. The van der Waals surface area contributed by atoms with E-state index in [4.69, 9.17) is 9.72 Å². The molecule has 2 aliphatic heterocycles. The number of nitrogens with one attached hydrogen (secondary N) is 1. The number of likely N-dealkylation sites (tertiary alicyclic amines) is 1. The first kappa shape index (κ1) is 21.7. The summed E-state index contributed by atoms with van der Waals surface area (Å²) < 4.78 is 7.41. The lowest BCUT2D eigenvalue weighted by molar-refractivity contribution is 0.0720. The van der Waals surface area contributed by atoms with Crippen molar-refractivity contribution in [1.29, 1.82) is 0 Å². The summed E-state index contributed by atoms with van der Waals surface area (Å²) in [5, 5.41) is 0.913. The van der Waals surface area contributed by atoms with E-state index in [1.54, 1.807) is 7.11 Å². The fourth-order valence-corrected chi connectivity index (χ4v) is 5.24. The lowest BCUT2D eigenvalue weighted by Crippen LogP contribution is -2.40. The van der Waals surface area contributed by atoms with Gasteiger partial charge in [0.05, 0.1) is 24.4 Å². The Balaban J connectivity index is 1.49. The third-order valence-corrected chi connectivity index (χ3v) is 7.17. The highest BCUT2D eigenvalue weighted by molar-refractivity contribution is 6.00. The number of benzene rings is 1. The van der Waals surface area contributed by atoms with E-state index in [0.717, 1.165) is 47.3 Å². The van der Waals surface area contributed by atoms with Crippen molar-refractivity contribution in [2.45, 2.75) is 51.7 Å². The van der Waals surface area contributed by atoms with Gasteiger partial charge in [-0.3, -0.25) is 14.5 Å². The average molecular weight is 450 g/mol. The lowest BCUT2D eigenvalue weighted by Gasteiger charge is -2.31. The first-order valence-corrected chi connectivity index (χ1v) is 11.7. The smallest absolute Gasteiger partial charge is 0.271 e. The minimum absolute atomic E-state index is 0.0533. The fraction of sp³-hybridized carbons (Fsp3) is 0.480. The third kappa shape index (κ3) is 3.62. The summed E-state index contributed by atoms with van der Waals surface area (Å²) in [4.78, 5) is 38.6. The summed E-state index contributed by atoms with van der Waals surface area (Å²) in [6, 6.07) is 7.88. The Kier molecular flexibility index (Phi) is 5.48. The van der Waals surface area contributed by atoms with E-state index < -0.39 is 0 Å². The van der Waals surface area contributed by atoms with Crippen molar-refractivity contribution in [3.8, 4) is 5.75 Å². The van der Waals surface area contributed by atoms with Crippen molar-refractivity contribution in [3.05, 3.63) is 57.4 Å². The number of hydrogen-bond donors (Lipinski definition) is 1. The van der Waals surface area contributed by atoms with Gasteiger partial charge in [0.1, 0.15) is 17.3 Å². The maximum absolute atomic E-state index is 13.7. The zero-order chi connectivity index (χ0) is 23.3. The first-order valence-electron chi connectivity index (χ1n) is 11.7. The summed E-state index contributed by atoms with van der Waals surface area (Å²) in [6.45, 7) is 6.51. The van der Waals surface area contributed by atoms with Crippen molar-refractivity contribution < 1.29 is 9.53 Å². The molecule has 4 heterocycles. The number of hydrogen-bond acceptors (Lipinski definition) is 5. The van der Waals surface area contributed by atoms with Gasteiger partial charge in [-0.1, -0.05) is 6.07 Å². The topological polar surface area (TPSA) is 83.5 Å². The monoisotopic (exact) mass is 449 g/mol. The molecule has 2 aromatic heterocycles. The summed E-state index contributed by atoms with van der Waals surface area (Å²) in [6.07, 6.45) is 2.37. The first-order chi connectivity index (χ1) is 15.9. The molecule has 5 rings (SSSR count). The van der Waals surface area contributed by atoms with Gasteiger partial charge in [0.15, 0.2) is 0 Å². The van der Waals surface area contributed by atoms with Crippen LogP contribution in [0.3, 0.4) is 0 Å². The van der Waals surface area contributed by atoms with Gasteiger partial charge < -0.3 is 19.2 Å². The number of carbonyl (C=O) groups excluding carboxylic acids is 1. The van der Waals surface area contributed by atoms with E-state index >= 15 is 0 Å². The van der Waals surface area contributed by atoms with Gasteiger partial charge in [-0.05, 0) is 51.3 Å². The van der Waals surface area contributed by atoms with Crippen LogP contribution in [-0.2, 0) is 20.0 Å². The Labute approximate surface area is 193 Å². The molecule has 8 nitrogen and oxygen atoms in total. The third-order valence-electron chi connectivity index (χ3n) is 7.17. The molecule has 0 bridgehead atoms. The predicted octanol–water partition coefficient (Wildman–Crippen LogP) is 3.01. The van der Waals surface area contributed by atoms with Crippen LogP contribution in [0.1, 0.15) is 60.3 Å². The molecule has 3 aromatic rings. The molecule has 1 N–H and O–H groups in total. The van der Waals surface area contributed by atoms with Crippen molar-refractivity contribution in [1.82, 2.24) is 24.3 Å². The Morgan fingerprint density at radius 1 is 1.27 bits per heavy atom. The zero-order valence-electron chi connectivity index (χ0n) is 19.7. The molecule has 1 amide bonds. The second-order valence-corrected chi connectivity index (χ2v) is 9.33. The van der Waals surface area contributed by atoms with Crippen LogP contribution in [0.15, 0.2) is 29.1 Å². The van der Waals surface area contributed by atoms with Crippen LogP contribution in [0.2, 0.25) is 0 Å². The van der Waals surface area contributed by atoms with E-state index in [1.165, 1.54) is 0 Å². The molecular formula is C25H31N5O3. The number of aromatic nitrogens is 3. The SMILES string of the molecule is COc1cccc2c1cc(C(=O)N1CCCC1c1nc3c(c(=O)[nH]1)CCN(C(C)C)C3)n2C. The molecule has 0 radical (unpaired) electrons. The molecule has 1 atom stereocenters. The number of ether oxygens (including phenoxy) is 1. The number of fused-ring (bicyclic) bond motifs is 2. The molecule has 8 heteroatoms. The second-order valence-electron chi connectivity index (χ2n) is 9.33. The normalized spacial score (nSPS) is 18.8. The minimum Gasteiger partial charge on any atom is -0.496 e. The molecule has 0 spiro atoms. The van der Waals surface area contributed by atoms with E-state index in [-0.39, 0.29) is 17.5 Å². The Morgan fingerprint density at radius 2 is 2.09 bits per heavy atom. The standard InChI is InChI=1S/C25H31N5O3/c1-15(2)29-12-10-16-18(14-29)26-23(27-24(16)31)20-8-6-11-30(20)25(32)21-13-17-19(28(21)3)7-5-9-22(17)33-4/h5,7,9,13,15,20H,6,8,10-12,14H2,1-4H3,(H,26,27,31). The van der Waals surface area contributed by atoms with Gasteiger partial charge in [-0.25, -0.2) is 4.98 Å². The molecule has 1 aromatic carbocycles. The summed E-state index contributed by atoms with van der Waals surface area (Å²) in [7, 11) is 3.54. The molecule has 2 aliphatic rings. The van der Waals surface area contributed by atoms with Gasteiger partial charge in [0.25, 0.3) is 11.5 Å². The van der Waals surface area contributed by atoms with Crippen LogP contribution >= 0.6 is 0 Å². The number of H-pyrrole nitrogens is 1. The van der Waals surface area contributed by atoms with E-state index in [9.17, 15) is 9.59 Å². The molecule has 1 unspecified atom stereocenters. The maximum atomic E-state index is 13.7. The fourth-order valence-electron chi connectivity index (χ4n) is 5.24. The van der Waals surface area contributed by atoms with Crippen molar-refractivity contribution >= 4 is 16.8 Å². The largest absolute Gasteiger partial charge is 0.496 e. The number of rotatable bonds is 4. The van der Waals surface area contributed by atoms with E-state index in [0.29, 0.717) is 37.1 Å². The number of aromatic amines is 1. The summed E-state index contributed by atoms with van der Waals surface area (Å²) >= 11 is 0. The number of amides is 1. The van der Waals surface area contributed by atoms with Crippen LogP contribution in [0.25, 0.3) is 10.9 Å². The van der Waals surface area contributed by atoms with Crippen molar-refractivity contribution in [2.24, 2.45) is 7.05 Å². The van der Waals surface area contributed by atoms with Crippen LogP contribution in [0.4, 0.5) is 0 Å². The Hall–Kier alpha value is -3.13. The maximum Gasteiger partial charge on any atom is 0.271 e. The van der Waals surface area contributed by atoms with Crippen molar-refractivity contribution in [2.75, 3.05) is 20.2 Å². The Bertz CT molecular complexity index is 1280. The highest BCUT2D eigenvalue weighted by atomic mass is 16.5. The molecule has 1 saturated heterocycles. The van der Waals surface area contributed by atoms with Crippen LogP contribution in [0.5, 0.6) is 5.75 Å². The summed E-state index contributed by atoms with van der Waals surface area (Å²) in [5.41, 5.74) is 3.12. The minimum atomic E-state index is -0.232. The molecule has 1 fully saturated rings. The van der Waals surface area contributed by atoms with Crippen LogP contribution in [-0.4, -0.2) is 56.5 Å². The second kappa shape index (κ2) is 8.33. The number of carbonyl (C=O) groups is 1. The zero-order valence-corrected chi connectivity index (χ0v) is 19.7. The number of aryl methyl sites for hydroxylation is 1. The highest BCUT2D eigenvalue weighted by Crippen LogP contribution is 2.34. The van der Waals surface area contributed by atoms with Crippen LogP contribution in [0, 0.1) is 0 Å². The van der Waals surface area contributed by atoms with Gasteiger partial charge >= 0.3 is 0 Å². The van der Waals surface area contributed by atoms with Gasteiger partial charge in [-0.15, -0.1) is 0 Å². The van der Waals surface area contributed by atoms with Gasteiger partial charge in [0, 0.05) is 43.7 Å². The molecule has 174 valence electrons. The predicted molar refractivity (Wildman–Crippen MR) is 127 cm³/mol. The molecule has 0 saturated carbocycles. The number of methoxy groups -OCH3 is 1. The highest BCUT2D eigenvalue weighted by Gasteiger charge is 2.35.